The summed E-state index contributed by atoms with van der Waals surface area (Å²) in [6.45, 7) is 0. The summed E-state index contributed by atoms with van der Waals surface area (Å²) >= 11 is 1.88. The van der Waals surface area contributed by atoms with Crippen LogP contribution in [0.1, 0.15) is 0 Å². The zero-order valence-corrected chi connectivity index (χ0v) is 25.9. The highest BCUT2D eigenvalue weighted by Gasteiger charge is 2.16. The molecule has 9 aromatic rings. The first-order valence-electron chi connectivity index (χ1n) is 15.7. The summed E-state index contributed by atoms with van der Waals surface area (Å²) in [5.41, 5.74) is 8.29. The Morgan fingerprint density at radius 1 is 0.348 bits per heavy atom. The number of fused-ring (bicyclic) bond motifs is 6. The molecule has 0 bridgehead atoms. The van der Waals surface area contributed by atoms with E-state index in [0.717, 1.165) is 17.1 Å². The van der Waals surface area contributed by atoms with Crippen molar-refractivity contribution in [1.29, 1.82) is 0 Å². The largest absolute Gasteiger partial charge is 0.310 e. The third-order valence-corrected chi connectivity index (χ3v) is 10.3. The van der Waals surface area contributed by atoms with Gasteiger partial charge in [0.05, 0.1) is 0 Å². The molecule has 0 radical (unpaired) electrons. The molecule has 0 unspecified atom stereocenters. The zero-order chi connectivity index (χ0) is 30.5. The molecular formula is C44H29NS. The van der Waals surface area contributed by atoms with Gasteiger partial charge in [-0.25, -0.2) is 0 Å². The standard InChI is InChI=1S/C44H29NS/c1-2-9-30(10-3-1)31-17-23-35(24-18-31)45(36-25-19-33(20-26-36)39-15-8-12-32-11-4-5-13-38(32)39)37-27-21-34-22-28-41-40-14-6-7-16-43(40)46-44(41)42(34)29-37/h1-29H. The fourth-order valence-corrected chi connectivity index (χ4v) is 8.01. The molecule has 216 valence electrons. The highest BCUT2D eigenvalue weighted by atomic mass is 32.1. The minimum Gasteiger partial charge on any atom is -0.310 e. The van der Waals surface area contributed by atoms with Crippen molar-refractivity contribution in [2.45, 2.75) is 0 Å². The molecule has 0 N–H and O–H groups in total. The van der Waals surface area contributed by atoms with Crippen molar-refractivity contribution in [2.24, 2.45) is 0 Å². The smallest absolute Gasteiger partial charge is 0.0468 e. The Morgan fingerprint density at radius 2 is 0.935 bits per heavy atom. The molecule has 0 saturated carbocycles. The Hall–Kier alpha value is -5.70. The van der Waals surface area contributed by atoms with E-state index in [1.807, 2.05) is 11.3 Å². The topological polar surface area (TPSA) is 3.24 Å². The van der Waals surface area contributed by atoms with Crippen molar-refractivity contribution in [1.82, 2.24) is 0 Å². The molecule has 0 spiro atoms. The first-order chi connectivity index (χ1) is 22.8. The molecule has 1 heterocycles. The van der Waals surface area contributed by atoms with E-state index < -0.39 is 0 Å². The molecular weight excluding hydrogens is 575 g/mol. The van der Waals surface area contributed by atoms with Crippen LogP contribution in [0.4, 0.5) is 17.1 Å². The van der Waals surface area contributed by atoms with Crippen LogP contribution in [0.3, 0.4) is 0 Å². The molecule has 1 nitrogen and oxygen atoms in total. The number of hydrogen-bond donors (Lipinski definition) is 0. The van der Waals surface area contributed by atoms with Crippen molar-refractivity contribution >= 4 is 70.1 Å². The monoisotopic (exact) mass is 603 g/mol. The van der Waals surface area contributed by atoms with E-state index in [9.17, 15) is 0 Å². The summed E-state index contributed by atoms with van der Waals surface area (Å²) < 4.78 is 2.67. The van der Waals surface area contributed by atoms with Crippen LogP contribution in [-0.2, 0) is 0 Å². The Bertz CT molecular complexity index is 2500. The minimum absolute atomic E-state index is 1.12. The predicted octanol–water partition coefficient (Wildman–Crippen LogP) is 13.2. The van der Waals surface area contributed by atoms with Gasteiger partial charge in [0.1, 0.15) is 0 Å². The van der Waals surface area contributed by atoms with Crippen molar-refractivity contribution in [3.63, 3.8) is 0 Å². The van der Waals surface area contributed by atoms with Gasteiger partial charge < -0.3 is 4.90 Å². The maximum absolute atomic E-state index is 2.38. The van der Waals surface area contributed by atoms with E-state index in [2.05, 4.69) is 181 Å². The maximum Gasteiger partial charge on any atom is 0.0468 e. The fourth-order valence-electron chi connectivity index (χ4n) is 6.78. The lowest BCUT2D eigenvalue weighted by Crippen LogP contribution is -2.09. The second-order valence-electron chi connectivity index (χ2n) is 11.8. The van der Waals surface area contributed by atoms with Gasteiger partial charge >= 0.3 is 0 Å². The summed E-state index contributed by atoms with van der Waals surface area (Å²) in [5, 5.41) is 7.72. The van der Waals surface area contributed by atoms with Crippen LogP contribution < -0.4 is 4.90 Å². The summed E-state index contributed by atoms with van der Waals surface area (Å²) in [4.78, 5) is 2.38. The van der Waals surface area contributed by atoms with Crippen LogP contribution in [0.5, 0.6) is 0 Å². The maximum atomic E-state index is 2.38. The van der Waals surface area contributed by atoms with Gasteiger partial charge in [0.15, 0.2) is 0 Å². The molecule has 8 aromatic carbocycles. The van der Waals surface area contributed by atoms with Crippen LogP contribution in [-0.4, -0.2) is 0 Å². The van der Waals surface area contributed by atoms with E-state index in [4.69, 9.17) is 0 Å². The van der Waals surface area contributed by atoms with Crippen molar-refractivity contribution in [3.8, 4) is 22.3 Å². The van der Waals surface area contributed by atoms with Crippen LogP contribution in [0.2, 0.25) is 0 Å². The first-order valence-corrected chi connectivity index (χ1v) is 16.5. The number of benzene rings is 8. The first kappa shape index (κ1) is 26.7. The number of rotatable bonds is 5. The Balaban J connectivity index is 1.20. The minimum atomic E-state index is 1.12. The molecule has 0 fully saturated rings. The number of hydrogen-bond acceptors (Lipinski definition) is 2. The van der Waals surface area contributed by atoms with Gasteiger partial charge in [0.25, 0.3) is 0 Å². The predicted molar refractivity (Wildman–Crippen MR) is 200 cm³/mol. The van der Waals surface area contributed by atoms with Crippen LogP contribution in [0.15, 0.2) is 176 Å². The molecule has 46 heavy (non-hydrogen) atoms. The second kappa shape index (κ2) is 11.0. The summed E-state index contributed by atoms with van der Waals surface area (Å²) in [7, 11) is 0. The summed E-state index contributed by atoms with van der Waals surface area (Å²) in [6.07, 6.45) is 0. The van der Waals surface area contributed by atoms with Crippen LogP contribution in [0.25, 0.3) is 64.0 Å². The van der Waals surface area contributed by atoms with Gasteiger partial charge in [-0.1, -0.05) is 133 Å². The van der Waals surface area contributed by atoms with E-state index in [0.29, 0.717) is 0 Å². The molecule has 0 aliphatic heterocycles. The lowest BCUT2D eigenvalue weighted by molar-refractivity contribution is 1.29. The van der Waals surface area contributed by atoms with E-state index in [-0.39, 0.29) is 0 Å². The van der Waals surface area contributed by atoms with Crippen molar-refractivity contribution < 1.29 is 0 Å². The molecule has 0 saturated heterocycles. The van der Waals surface area contributed by atoms with Gasteiger partial charge in [-0.3, -0.25) is 0 Å². The molecule has 1 aromatic heterocycles. The SMILES string of the molecule is c1ccc(-c2ccc(N(c3ccc(-c4cccc5ccccc45)cc3)c3ccc4ccc5c6ccccc6sc5c4c3)cc2)cc1. The van der Waals surface area contributed by atoms with Gasteiger partial charge in [0, 0.05) is 42.6 Å². The fraction of sp³-hybridized carbons (Fsp3) is 0. The normalized spacial score (nSPS) is 11.5. The summed E-state index contributed by atoms with van der Waals surface area (Å²) in [6, 6.07) is 63.9. The molecule has 2 heteroatoms. The average Bonchev–Trinajstić information content (AvgIpc) is 3.52. The van der Waals surface area contributed by atoms with Crippen molar-refractivity contribution in [3.05, 3.63) is 176 Å². The Morgan fingerprint density at radius 3 is 1.74 bits per heavy atom. The zero-order valence-electron chi connectivity index (χ0n) is 25.1. The Kier molecular flexibility index (Phi) is 6.40. The van der Waals surface area contributed by atoms with Crippen LogP contribution in [0, 0.1) is 0 Å². The van der Waals surface area contributed by atoms with E-state index in [1.54, 1.807) is 0 Å². The van der Waals surface area contributed by atoms with E-state index in [1.165, 1.54) is 64.0 Å². The Labute approximate surface area is 272 Å². The van der Waals surface area contributed by atoms with Gasteiger partial charge in [-0.15, -0.1) is 11.3 Å². The van der Waals surface area contributed by atoms with Gasteiger partial charge in [-0.2, -0.15) is 0 Å². The van der Waals surface area contributed by atoms with Gasteiger partial charge in [0.2, 0.25) is 0 Å². The molecule has 0 aliphatic rings. The van der Waals surface area contributed by atoms with Gasteiger partial charge in [-0.05, 0) is 80.9 Å². The second-order valence-corrected chi connectivity index (χ2v) is 12.8. The summed E-state index contributed by atoms with van der Waals surface area (Å²) in [5.74, 6) is 0. The quantitative estimate of drug-likeness (QED) is 0.189. The number of nitrogens with zero attached hydrogens (tertiary/aromatic N) is 1. The highest BCUT2D eigenvalue weighted by Crippen LogP contribution is 2.42. The number of anilines is 3. The molecule has 0 amide bonds. The lowest BCUT2D eigenvalue weighted by atomic mass is 9.98. The molecule has 9 rings (SSSR count). The lowest BCUT2D eigenvalue weighted by Gasteiger charge is -2.26. The average molecular weight is 604 g/mol. The van der Waals surface area contributed by atoms with Crippen LogP contribution >= 0.6 is 11.3 Å². The molecule has 0 aliphatic carbocycles. The van der Waals surface area contributed by atoms with E-state index >= 15 is 0 Å². The van der Waals surface area contributed by atoms with Crippen molar-refractivity contribution in [2.75, 3.05) is 4.90 Å². The highest BCUT2D eigenvalue weighted by molar-refractivity contribution is 7.26. The number of thiophene rings is 1. The third-order valence-electron chi connectivity index (χ3n) is 9.06. The molecule has 0 atom stereocenters. The third kappa shape index (κ3) is 4.54.